The van der Waals surface area contributed by atoms with Crippen LogP contribution in [-0.2, 0) is 11.3 Å². The summed E-state index contributed by atoms with van der Waals surface area (Å²) in [6.45, 7) is 5.96. The molecule has 1 aromatic heterocycles. The maximum atomic E-state index is 5.85. The van der Waals surface area contributed by atoms with Crippen LogP contribution in [0.25, 0.3) is 0 Å². The fraction of sp³-hybridized carbons (Fsp3) is 0.435. The van der Waals surface area contributed by atoms with Crippen LogP contribution in [0.5, 0.6) is 0 Å². The summed E-state index contributed by atoms with van der Waals surface area (Å²) < 4.78 is 7.83. The van der Waals surface area contributed by atoms with Gasteiger partial charge in [0.1, 0.15) is 31.9 Å². The van der Waals surface area contributed by atoms with E-state index in [0.717, 1.165) is 58.0 Å². The van der Waals surface area contributed by atoms with E-state index in [4.69, 9.17) is 4.74 Å². The number of nitrogens with one attached hydrogen (secondary N) is 2. The van der Waals surface area contributed by atoms with Gasteiger partial charge in [-0.1, -0.05) is 48.5 Å². The molecule has 0 radical (unpaired) electrons. The van der Waals surface area contributed by atoms with Crippen molar-refractivity contribution in [1.82, 2.24) is 20.2 Å². The lowest BCUT2D eigenvalue weighted by molar-refractivity contribution is -1.00. The molecule has 3 heterocycles. The number of nitrogens with zero attached hydrogens (tertiary/aromatic N) is 4. The predicted octanol–water partition coefficient (Wildman–Crippen LogP) is 0.0566. The highest BCUT2D eigenvalue weighted by Gasteiger charge is 2.36. The number of para-hydroxylation sites is 1. The van der Waals surface area contributed by atoms with Crippen LogP contribution in [0, 0.1) is 0 Å². The van der Waals surface area contributed by atoms with E-state index < -0.39 is 0 Å². The second-order valence-corrected chi connectivity index (χ2v) is 8.33. The van der Waals surface area contributed by atoms with Crippen molar-refractivity contribution in [1.29, 1.82) is 0 Å². The summed E-state index contributed by atoms with van der Waals surface area (Å²) in [6.07, 6.45) is 2.43. The van der Waals surface area contributed by atoms with Crippen molar-refractivity contribution in [3.8, 4) is 0 Å². The van der Waals surface area contributed by atoms with Crippen molar-refractivity contribution in [2.75, 3.05) is 32.8 Å². The molecule has 2 saturated heterocycles. The third-order valence-electron chi connectivity index (χ3n) is 6.44. The lowest BCUT2D eigenvalue weighted by Gasteiger charge is -2.34. The first-order chi connectivity index (χ1) is 14.9. The Balaban J connectivity index is 1.38. The van der Waals surface area contributed by atoms with Gasteiger partial charge in [-0.25, -0.2) is 4.68 Å². The molecule has 2 aromatic carbocycles. The predicted molar refractivity (Wildman–Crippen MR) is 113 cm³/mol. The zero-order chi connectivity index (χ0) is 20.2. The standard InChI is InChI=1S/C23H28N6O/c1-3-8-19(9-4-1)22(23-24-25-26-29(23)18-21-12-7-17-30-21)28-15-13-27(14-16-28)20-10-5-2-6-11-20/h1-6,8-11,21-22H,7,12-18H2/p+2/t21-,22+/m0/s1. The van der Waals surface area contributed by atoms with E-state index in [9.17, 15) is 0 Å². The lowest BCUT2D eigenvalue weighted by Crippen LogP contribution is -3.26. The maximum absolute atomic E-state index is 5.85. The first kappa shape index (κ1) is 19.4. The quantitative estimate of drug-likeness (QED) is 0.608. The molecule has 0 spiro atoms. The van der Waals surface area contributed by atoms with Gasteiger partial charge < -0.3 is 9.64 Å². The highest BCUT2D eigenvalue weighted by molar-refractivity contribution is 5.28. The highest BCUT2D eigenvalue weighted by Crippen LogP contribution is 2.19. The van der Waals surface area contributed by atoms with Crippen LogP contribution < -0.4 is 9.80 Å². The summed E-state index contributed by atoms with van der Waals surface area (Å²) in [7, 11) is 0. The molecule has 7 heteroatoms. The molecule has 2 atom stereocenters. The van der Waals surface area contributed by atoms with Gasteiger partial charge >= 0.3 is 0 Å². The summed E-state index contributed by atoms with van der Waals surface area (Å²) in [5, 5.41) is 12.9. The van der Waals surface area contributed by atoms with E-state index in [1.165, 1.54) is 16.2 Å². The van der Waals surface area contributed by atoms with Crippen LogP contribution in [0.15, 0.2) is 60.7 Å². The fourth-order valence-corrected chi connectivity index (χ4v) is 4.87. The second kappa shape index (κ2) is 9.04. The van der Waals surface area contributed by atoms with Crippen LogP contribution in [0.4, 0.5) is 5.69 Å². The van der Waals surface area contributed by atoms with E-state index in [2.05, 4.69) is 76.2 Å². The molecular formula is C23H30N6O+2. The van der Waals surface area contributed by atoms with Crippen molar-refractivity contribution in [3.63, 3.8) is 0 Å². The molecule has 0 saturated carbocycles. The Morgan fingerprint density at radius 2 is 1.70 bits per heavy atom. The third kappa shape index (κ3) is 4.14. The number of aromatic nitrogens is 4. The summed E-state index contributed by atoms with van der Waals surface area (Å²) in [4.78, 5) is 3.09. The minimum absolute atomic E-state index is 0.139. The number of ether oxygens (including phenoxy) is 1. The van der Waals surface area contributed by atoms with Gasteiger partial charge in [0.25, 0.3) is 0 Å². The van der Waals surface area contributed by atoms with Crippen LogP contribution in [0.3, 0.4) is 0 Å². The van der Waals surface area contributed by atoms with Crippen molar-refractivity contribution < 1.29 is 14.5 Å². The van der Waals surface area contributed by atoms with Crippen LogP contribution in [0.1, 0.15) is 30.3 Å². The Labute approximate surface area is 177 Å². The number of benzene rings is 2. The summed E-state index contributed by atoms with van der Waals surface area (Å²) in [5.41, 5.74) is 2.66. The summed E-state index contributed by atoms with van der Waals surface area (Å²) in [6, 6.07) is 21.7. The molecule has 2 fully saturated rings. The Morgan fingerprint density at radius 1 is 0.967 bits per heavy atom. The Bertz CT molecular complexity index is 917. The molecule has 2 aliphatic rings. The maximum Gasteiger partial charge on any atom is 0.214 e. The van der Waals surface area contributed by atoms with Crippen molar-refractivity contribution >= 4 is 5.69 Å². The van der Waals surface area contributed by atoms with Crippen molar-refractivity contribution in [2.24, 2.45) is 0 Å². The second-order valence-electron chi connectivity index (χ2n) is 8.33. The molecule has 30 heavy (non-hydrogen) atoms. The number of hydrogen-bond acceptors (Lipinski definition) is 4. The van der Waals surface area contributed by atoms with Gasteiger partial charge in [-0.05, 0) is 35.4 Å². The van der Waals surface area contributed by atoms with Gasteiger partial charge in [-0.15, -0.1) is 5.10 Å². The number of quaternary nitrogens is 2. The average molecular weight is 407 g/mol. The fourth-order valence-electron chi connectivity index (χ4n) is 4.87. The van der Waals surface area contributed by atoms with Crippen LogP contribution >= 0.6 is 0 Å². The lowest BCUT2D eigenvalue weighted by atomic mass is 10.0. The number of hydrogen-bond donors (Lipinski definition) is 2. The largest absolute Gasteiger partial charge is 0.376 e. The van der Waals surface area contributed by atoms with E-state index in [1.807, 2.05) is 4.68 Å². The molecule has 0 aliphatic carbocycles. The van der Waals surface area contributed by atoms with Gasteiger partial charge in [0, 0.05) is 12.2 Å². The van der Waals surface area contributed by atoms with E-state index >= 15 is 0 Å². The van der Waals surface area contributed by atoms with E-state index in [1.54, 1.807) is 4.90 Å². The topological polar surface area (TPSA) is 61.7 Å². The highest BCUT2D eigenvalue weighted by atomic mass is 16.5. The molecule has 2 aliphatic heterocycles. The number of tetrazole rings is 1. The van der Waals surface area contributed by atoms with Crippen molar-refractivity contribution in [3.05, 3.63) is 72.1 Å². The molecule has 156 valence electrons. The Hall–Kier alpha value is -2.61. The molecule has 5 rings (SSSR count). The minimum atomic E-state index is 0.139. The molecule has 0 amide bonds. The van der Waals surface area contributed by atoms with Gasteiger partial charge in [0.05, 0.1) is 12.6 Å². The Morgan fingerprint density at radius 3 is 2.40 bits per heavy atom. The smallest absolute Gasteiger partial charge is 0.214 e. The molecular weight excluding hydrogens is 376 g/mol. The first-order valence-corrected chi connectivity index (χ1v) is 11.1. The zero-order valence-electron chi connectivity index (χ0n) is 17.3. The molecule has 3 aromatic rings. The zero-order valence-corrected chi connectivity index (χ0v) is 17.3. The van der Waals surface area contributed by atoms with Crippen molar-refractivity contribution in [2.45, 2.75) is 31.5 Å². The molecule has 0 bridgehead atoms. The van der Waals surface area contributed by atoms with Crippen LogP contribution in [-0.4, -0.2) is 59.1 Å². The molecule has 0 unspecified atom stereocenters. The monoisotopic (exact) mass is 406 g/mol. The van der Waals surface area contributed by atoms with Gasteiger partial charge in [0.2, 0.25) is 5.82 Å². The summed E-state index contributed by atoms with van der Waals surface area (Å²) >= 11 is 0. The molecule has 2 N–H and O–H groups in total. The van der Waals surface area contributed by atoms with Gasteiger partial charge in [-0.3, -0.25) is 4.90 Å². The number of piperazine rings is 1. The average Bonchev–Trinajstić information content (AvgIpc) is 3.49. The third-order valence-corrected chi connectivity index (χ3v) is 6.44. The van der Waals surface area contributed by atoms with Gasteiger partial charge in [-0.2, -0.15) is 0 Å². The van der Waals surface area contributed by atoms with Crippen LogP contribution in [0.2, 0.25) is 0 Å². The SMILES string of the molecule is c1ccc([C@H](c2nnnn2C[C@@H]2CCCO2)[NH+]2CC[NH+](c3ccccc3)CC2)cc1. The summed E-state index contributed by atoms with van der Waals surface area (Å²) in [5.74, 6) is 0.954. The first-order valence-electron chi connectivity index (χ1n) is 11.1. The normalized spacial score (nSPS) is 25.3. The molecule has 7 nitrogen and oxygen atoms in total. The van der Waals surface area contributed by atoms with E-state index in [-0.39, 0.29) is 12.1 Å². The number of rotatable bonds is 6. The van der Waals surface area contributed by atoms with E-state index in [0.29, 0.717) is 0 Å². The minimum Gasteiger partial charge on any atom is -0.376 e. The Kier molecular flexibility index (Phi) is 5.83. The van der Waals surface area contributed by atoms with Gasteiger partial charge in [0.15, 0.2) is 6.04 Å².